The monoisotopic (exact) mass is 444 g/mol. The van der Waals surface area contributed by atoms with E-state index in [4.69, 9.17) is 0 Å². The normalized spacial score (nSPS) is 24.6. The van der Waals surface area contributed by atoms with Crippen LogP contribution in [0.25, 0.3) is 22.4 Å². The van der Waals surface area contributed by atoms with E-state index < -0.39 is 18.8 Å². The minimum absolute atomic E-state index is 0.102. The quantitative estimate of drug-likeness (QED) is 0.628. The van der Waals surface area contributed by atoms with Gasteiger partial charge in [0.1, 0.15) is 23.6 Å². The van der Waals surface area contributed by atoms with Crippen molar-refractivity contribution in [3.8, 4) is 28.1 Å². The summed E-state index contributed by atoms with van der Waals surface area (Å²) in [5.41, 5.74) is 0.910. The molecule has 2 saturated heterocycles. The fourth-order valence-corrected chi connectivity index (χ4v) is 4.72. The lowest BCUT2D eigenvalue weighted by atomic mass is 9.96. The van der Waals surface area contributed by atoms with Crippen molar-refractivity contribution in [1.82, 2.24) is 25.1 Å². The molecule has 0 saturated carbocycles. The largest absolute Gasteiger partial charge is 0.507 e. The van der Waals surface area contributed by atoms with Gasteiger partial charge in [-0.2, -0.15) is 5.10 Å². The first-order valence-corrected chi connectivity index (χ1v) is 10.5. The zero-order valence-electron chi connectivity index (χ0n) is 17.4. The van der Waals surface area contributed by atoms with Crippen molar-refractivity contribution < 1.29 is 18.3 Å². The average Bonchev–Trinajstić information content (AvgIpc) is 3.45. The Morgan fingerprint density at radius 3 is 2.75 bits per heavy atom. The number of fused-ring (bicyclic) bond motifs is 2. The first kappa shape index (κ1) is 20.7. The smallest absolute Gasteiger partial charge is 0.181 e. The number of halogens is 3. The van der Waals surface area contributed by atoms with Gasteiger partial charge in [-0.15, -0.1) is 0 Å². The SMILES string of the molecule is CN(c1cnc(-c2cc(F)c(-c3cnn(CF)c3)cc2O)cn1)[C@@H]1CC2CCC(N2)[C@@H]1F. The number of benzene rings is 1. The molecule has 0 aliphatic carbocycles. The molecule has 0 amide bonds. The molecule has 1 aromatic carbocycles. The highest BCUT2D eigenvalue weighted by Crippen LogP contribution is 2.36. The second kappa shape index (κ2) is 8.09. The first-order valence-electron chi connectivity index (χ1n) is 10.5. The number of alkyl halides is 2. The lowest BCUT2D eigenvalue weighted by Crippen LogP contribution is -2.55. The van der Waals surface area contributed by atoms with Crippen LogP contribution in [0.15, 0.2) is 36.9 Å². The fraction of sp³-hybridized carbons (Fsp3) is 0.409. The Bertz CT molecular complexity index is 1120. The van der Waals surface area contributed by atoms with E-state index in [9.17, 15) is 18.3 Å². The van der Waals surface area contributed by atoms with Crippen molar-refractivity contribution in [1.29, 1.82) is 0 Å². The number of piperidine rings is 1. The molecular weight excluding hydrogens is 421 g/mol. The second-order valence-corrected chi connectivity index (χ2v) is 8.40. The molecule has 10 heteroatoms. The van der Waals surface area contributed by atoms with E-state index in [-0.39, 0.29) is 34.7 Å². The summed E-state index contributed by atoms with van der Waals surface area (Å²) in [6, 6.07) is 2.33. The van der Waals surface area contributed by atoms with E-state index in [1.807, 2.05) is 0 Å². The van der Waals surface area contributed by atoms with Crippen LogP contribution >= 0.6 is 0 Å². The van der Waals surface area contributed by atoms with Gasteiger partial charge in [0.2, 0.25) is 0 Å². The molecule has 2 fully saturated rings. The van der Waals surface area contributed by atoms with Crippen molar-refractivity contribution >= 4 is 5.82 Å². The number of phenolic OH excluding ortho intramolecular Hbond substituents is 1. The van der Waals surface area contributed by atoms with E-state index in [2.05, 4.69) is 20.4 Å². The summed E-state index contributed by atoms with van der Waals surface area (Å²) < 4.78 is 43.3. The Morgan fingerprint density at radius 2 is 2.03 bits per heavy atom. The molecule has 4 heterocycles. The van der Waals surface area contributed by atoms with Crippen LogP contribution in [0.3, 0.4) is 0 Å². The highest BCUT2D eigenvalue weighted by molar-refractivity contribution is 5.74. The number of aromatic nitrogens is 4. The maximum Gasteiger partial charge on any atom is 0.181 e. The summed E-state index contributed by atoms with van der Waals surface area (Å²) >= 11 is 0. The Balaban J connectivity index is 1.38. The van der Waals surface area contributed by atoms with E-state index in [0.29, 0.717) is 23.8 Å². The molecule has 2 unspecified atom stereocenters. The minimum atomic E-state index is -0.993. The molecule has 0 radical (unpaired) electrons. The number of rotatable bonds is 5. The van der Waals surface area contributed by atoms with Crippen LogP contribution in [-0.4, -0.2) is 56.2 Å². The van der Waals surface area contributed by atoms with Crippen LogP contribution in [0, 0.1) is 5.82 Å². The summed E-state index contributed by atoms with van der Waals surface area (Å²) in [5.74, 6) is -0.286. The highest BCUT2D eigenvalue weighted by atomic mass is 19.1. The van der Waals surface area contributed by atoms with Crippen LogP contribution in [0.1, 0.15) is 19.3 Å². The molecule has 32 heavy (non-hydrogen) atoms. The molecule has 2 aliphatic heterocycles. The number of nitrogens with one attached hydrogen (secondary N) is 1. The maximum atomic E-state index is 14.9. The average molecular weight is 444 g/mol. The van der Waals surface area contributed by atoms with E-state index in [1.165, 1.54) is 30.9 Å². The van der Waals surface area contributed by atoms with Crippen molar-refractivity contribution in [3.05, 3.63) is 42.7 Å². The molecule has 3 aromatic rings. The van der Waals surface area contributed by atoms with Gasteiger partial charge in [0, 0.05) is 42.0 Å². The number of hydrogen-bond acceptors (Lipinski definition) is 6. The van der Waals surface area contributed by atoms with Gasteiger partial charge in [-0.1, -0.05) is 0 Å². The third kappa shape index (κ3) is 3.58. The molecule has 2 aliphatic rings. The van der Waals surface area contributed by atoms with Crippen molar-refractivity contribution in [2.45, 2.75) is 50.4 Å². The lowest BCUT2D eigenvalue weighted by Gasteiger charge is -2.38. The molecular formula is C22H23F3N6O. The Hall–Kier alpha value is -3.14. The molecule has 2 aromatic heterocycles. The summed E-state index contributed by atoms with van der Waals surface area (Å²) in [7, 11) is 1.80. The summed E-state index contributed by atoms with van der Waals surface area (Å²) in [6.45, 7) is -0.829. The Labute approximate surface area is 182 Å². The zero-order chi connectivity index (χ0) is 22.4. The van der Waals surface area contributed by atoms with E-state index in [0.717, 1.165) is 23.6 Å². The van der Waals surface area contributed by atoms with Crippen LogP contribution in [0.5, 0.6) is 5.75 Å². The van der Waals surface area contributed by atoms with Gasteiger partial charge < -0.3 is 15.3 Å². The topological polar surface area (TPSA) is 79.1 Å². The molecule has 0 spiro atoms. The number of phenols is 1. The van der Waals surface area contributed by atoms with Crippen molar-refractivity contribution in [3.63, 3.8) is 0 Å². The van der Waals surface area contributed by atoms with Crippen molar-refractivity contribution in [2.24, 2.45) is 0 Å². The Morgan fingerprint density at radius 1 is 1.19 bits per heavy atom. The van der Waals surface area contributed by atoms with Crippen LogP contribution in [0.2, 0.25) is 0 Å². The van der Waals surface area contributed by atoms with Gasteiger partial charge in [0.25, 0.3) is 0 Å². The molecule has 2 bridgehead atoms. The predicted octanol–water partition coefficient (Wildman–Crippen LogP) is 3.45. The molecule has 5 rings (SSSR count). The van der Waals surface area contributed by atoms with Gasteiger partial charge in [-0.25, -0.2) is 22.8 Å². The van der Waals surface area contributed by atoms with E-state index in [1.54, 1.807) is 11.9 Å². The third-order valence-corrected chi connectivity index (χ3v) is 6.48. The fourth-order valence-electron chi connectivity index (χ4n) is 4.72. The summed E-state index contributed by atoms with van der Waals surface area (Å²) in [4.78, 5) is 10.5. The molecule has 2 N–H and O–H groups in total. The minimum Gasteiger partial charge on any atom is -0.507 e. The third-order valence-electron chi connectivity index (χ3n) is 6.48. The predicted molar refractivity (Wildman–Crippen MR) is 113 cm³/mol. The molecule has 4 atom stereocenters. The zero-order valence-corrected chi connectivity index (χ0v) is 17.4. The van der Waals surface area contributed by atoms with Crippen LogP contribution < -0.4 is 10.2 Å². The number of hydrogen-bond donors (Lipinski definition) is 2. The van der Waals surface area contributed by atoms with Crippen LogP contribution in [-0.2, 0) is 6.80 Å². The number of nitrogens with zero attached hydrogens (tertiary/aromatic N) is 5. The standard InChI is InChI=1S/C22H23F3N6O/c1-30(19-4-13-2-3-17(29-13)22(19)25)21-9-26-18(8-27-21)15-5-16(24)14(6-20(15)32)12-7-28-31(10-12)11-23/h5-10,13,17,19,22,29,32H,2-4,11H2,1H3/t13?,17?,19-,22+/m1/s1. The van der Waals surface area contributed by atoms with Crippen LogP contribution in [0.4, 0.5) is 19.0 Å². The lowest BCUT2D eigenvalue weighted by molar-refractivity contribution is 0.176. The summed E-state index contributed by atoms with van der Waals surface area (Å²) in [6.07, 6.45) is 7.15. The van der Waals surface area contributed by atoms with Gasteiger partial charge in [-0.3, -0.25) is 4.98 Å². The van der Waals surface area contributed by atoms with Gasteiger partial charge in [0.15, 0.2) is 6.80 Å². The highest BCUT2D eigenvalue weighted by Gasteiger charge is 2.43. The number of aromatic hydroxyl groups is 1. The van der Waals surface area contributed by atoms with E-state index >= 15 is 0 Å². The number of anilines is 1. The maximum absolute atomic E-state index is 14.9. The van der Waals surface area contributed by atoms with Gasteiger partial charge in [-0.05, 0) is 31.4 Å². The van der Waals surface area contributed by atoms with Gasteiger partial charge in [0.05, 0.1) is 30.3 Å². The first-order chi connectivity index (χ1) is 15.4. The second-order valence-electron chi connectivity index (χ2n) is 8.40. The van der Waals surface area contributed by atoms with Gasteiger partial charge >= 0.3 is 0 Å². The Kier molecular flexibility index (Phi) is 5.24. The molecule has 7 nitrogen and oxygen atoms in total. The summed E-state index contributed by atoms with van der Waals surface area (Å²) in [5, 5.41) is 17.6. The van der Waals surface area contributed by atoms with Crippen molar-refractivity contribution in [2.75, 3.05) is 11.9 Å². The molecule has 168 valence electrons.